The third kappa shape index (κ3) is 3.44. The summed E-state index contributed by atoms with van der Waals surface area (Å²) in [5.74, 6) is 1.98. The van der Waals surface area contributed by atoms with Crippen LogP contribution >= 0.6 is 11.8 Å². The number of amides is 1. The molecule has 0 bridgehead atoms. The number of nitrogens with two attached hydrogens (primary N) is 1. The van der Waals surface area contributed by atoms with E-state index < -0.39 is 0 Å². The minimum atomic E-state index is -0.237. The van der Waals surface area contributed by atoms with E-state index in [1.54, 1.807) is 17.8 Å². The Balaban J connectivity index is 1.84. The summed E-state index contributed by atoms with van der Waals surface area (Å²) in [7, 11) is 0. The van der Waals surface area contributed by atoms with Gasteiger partial charge in [-0.2, -0.15) is 11.8 Å². The van der Waals surface area contributed by atoms with E-state index in [1.807, 2.05) is 35.1 Å². The molecule has 24 heavy (non-hydrogen) atoms. The van der Waals surface area contributed by atoms with Crippen LogP contribution in [0.25, 0.3) is 5.65 Å². The van der Waals surface area contributed by atoms with Crippen molar-refractivity contribution < 1.29 is 9.21 Å². The van der Waals surface area contributed by atoms with Gasteiger partial charge >= 0.3 is 0 Å². The summed E-state index contributed by atoms with van der Waals surface area (Å²) in [6.07, 6.45) is 6.10. The third-order valence-corrected chi connectivity index (χ3v) is 4.33. The van der Waals surface area contributed by atoms with E-state index in [4.69, 9.17) is 10.2 Å². The molecule has 0 saturated heterocycles. The summed E-state index contributed by atoms with van der Waals surface area (Å²) < 4.78 is 7.13. The smallest absolute Gasteiger partial charge is 0.255 e. The maximum atomic E-state index is 12.5. The molecule has 0 aromatic carbocycles. The lowest BCUT2D eigenvalue weighted by molar-refractivity contribution is 0.0933. The number of furan rings is 1. The number of nitrogens with one attached hydrogen (secondary N) is 1. The van der Waals surface area contributed by atoms with Crippen molar-refractivity contribution >= 4 is 23.3 Å². The van der Waals surface area contributed by atoms with E-state index in [1.165, 1.54) is 6.26 Å². The summed E-state index contributed by atoms with van der Waals surface area (Å²) in [4.78, 5) is 12.5. The molecule has 0 aliphatic rings. The fraction of sp³-hybridized carbons (Fsp3) is 0.312. The average molecular weight is 345 g/mol. The lowest BCUT2D eigenvalue weighted by Crippen LogP contribution is -2.30. The van der Waals surface area contributed by atoms with Crippen molar-refractivity contribution in [2.75, 3.05) is 12.0 Å². The van der Waals surface area contributed by atoms with Gasteiger partial charge in [0.15, 0.2) is 11.5 Å². The maximum absolute atomic E-state index is 12.5. The molecule has 1 unspecified atom stereocenters. The molecule has 126 valence electrons. The number of nitrogens with zero attached hydrogens (tertiary/aromatic N) is 3. The topological polar surface area (TPSA) is 98.5 Å². The normalized spacial score (nSPS) is 12.4. The van der Waals surface area contributed by atoms with Gasteiger partial charge in [-0.1, -0.05) is 6.07 Å². The largest absolute Gasteiger partial charge is 0.467 e. The van der Waals surface area contributed by atoms with Crippen LogP contribution in [0, 0.1) is 0 Å². The molecule has 1 amide bonds. The molecule has 3 aromatic rings. The maximum Gasteiger partial charge on any atom is 0.255 e. The van der Waals surface area contributed by atoms with E-state index in [0.717, 1.165) is 23.6 Å². The number of aromatic nitrogens is 3. The van der Waals surface area contributed by atoms with Gasteiger partial charge < -0.3 is 15.5 Å². The Hall–Kier alpha value is -2.32. The van der Waals surface area contributed by atoms with Crippen LogP contribution in [0.4, 0.5) is 0 Å². The molecule has 0 radical (unpaired) electrons. The highest BCUT2D eigenvalue weighted by Crippen LogP contribution is 2.19. The first-order valence-electron chi connectivity index (χ1n) is 7.60. The standard InChI is InChI=1S/C16H19N5O2S/c1-24-7-5-13(15-20-19-14-4-2-3-6-21(14)15)18-16(22)11-8-12(9-17)23-10-11/h2-4,6,8,10,13H,5,7,9,17H2,1H3,(H,18,22). The molecule has 0 aliphatic heterocycles. The van der Waals surface area contributed by atoms with Crippen LogP contribution in [0.2, 0.25) is 0 Å². The minimum absolute atomic E-state index is 0.211. The molecule has 1 atom stereocenters. The zero-order valence-corrected chi connectivity index (χ0v) is 14.1. The van der Waals surface area contributed by atoms with E-state index in [9.17, 15) is 4.79 Å². The summed E-state index contributed by atoms with van der Waals surface area (Å²) >= 11 is 1.72. The summed E-state index contributed by atoms with van der Waals surface area (Å²) in [6.45, 7) is 0.262. The second-order valence-electron chi connectivity index (χ2n) is 5.30. The first kappa shape index (κ1) is 16.5. The zero-order valence-electron chi connectivity index (χ0n) is 13.3. The molecule has 0 saturated carbocycles. The van der Waals surface area contributed by atoms with Crippen molar-refractivity contribution in [3.05, 3.63) is 53.9 Å². The second-order valence-corrected chi connectivity index (χ2v) is 6.29. The lowest BCUT2D eigenvalue weighted by atomic mass is 10.2. The number of thioether (sulfide) groups is 1. The first-order chi connectivity index (χ1) is 11.7. The molecule has 3 N–H and O–H groups in total. The van der Waals surface area contributed by atoms with Crippen LogP contribution in [0.1, 0.15) is 34.4 Å². The van der Waals surface area contributed by atoms with Gasteiger partial charge in [0.2, 0.25) is 0 Å². The van der Waals surface area contributed by atoms with Crippen LogP contribution in [0.5, 0.6) is 0 Å². The van der Waals surface area contributed by atoms with Crippen LogP contribution in [0.15, 0.2) is 41.1 Å². The Labute approximate surface area is 143 Å². The van der Waals surface area contributed by atoms with Gasteiger partial charge in [0.25, 0.3) is 5.91 Å². The fourth-order valence-electron chi connectivity index (χ4n) is 2.45. The van der Waals surface area contributed by atoms with Crippen molar-refractivity contribution in [3.8, 4) is 0 Å². The predicted molar refractivity (Wildman–Crippen MR) is 92.8 cm³/mol. The Morgan fingerprint density at radius 2 is 2.33 bits per heavy atom. The van der Waals surface area contributed by atoms with Crippen molar-refractivity contribution in [1.82, 2.24) is 19.9 Å². The van der Waals surface area contributed by atoms with E-state index in [-0.39, 0.29) is 18.5 Å². The number of fused-ring (bicyclic) bond motifs is 1. The molecular weight excluding hydrogens is 326 g/mol. The third-order valence-electron chi connectivity index (χ3n) is 3.68. The van der Waals surface area contributed by atoms with Gasteiger partial charge in [-0.05, 0) is 36.6 Å². The molecule has 0 fully saturated rings. The number of carbonyl (C=O) groups excluding carboxylic acids is 1. The molecule has 3 heterocycles. The first-order valence-corrected chi connectivity index (χ1v) is 8.99. The van der Waals surface area contributed by atoms with Crippen LogP contribution in [0.3, 0.4) is 0 Å². The van der Waals surface area contributed by atoms with Crippen LogP contribution in [-0.2, 0) is 6.54 Å². The summed E-state index contributed by atoms with van der Waals surface area (Å²) in [5.41, 5.74) is 6.73. The molecule has 7 nitrogen and oxygen atoms in total. The van der Waals surface area contributed by atoms with E-state index >= 15 is 0 Å². The Kier molecular flexibility index (Phi) is 5.17. The minimum Gasteiger partial charge on any atom is -0.467 e. The van der Waals surface area contributed by atoms with Gasteiger partial charge in [0, 0.05) is 6.20 Å². The average Bonchev–Trinajstić information content (AvgIpc) is 3.25. The van der Waals surface area contributed by atoms with Crippen molar-refractivity contribution in [2.24, 2.45) is 5.73 Å². The number of pyridine rings is 1. The number of rotatable bonds is 7. The molecule has 8 heteroatoms. The predicted octanol–water partition coefficient (Wildman–Crippen LogP) is 2.01. The summed E-state index contributed by atoms with van der Waals surface area (Å²) in [6, 6.07) is 7.12. The number of hydrogen-bond donors (Lipinski definition) is 2. The number of carbonyl (C=O) groups is 1. The summed E-state index contributed by atoms with van der Waals surface area (Å²) in [5, 5.41) is 11.5. The highest BCUT2D eigenvalue weighted by Gasteiger charge is 2.21. The van der Waals surface area contributed by atoms with Crippen molar-refractivity contribution in [2.45, 2.75) is 19.0 Å². The quantitative estimate of drug-likeness (QED) is 0.680. The molecule has 3 rings (SSSR count). The molecule has 0 spiro atoms. The van der Waals surface area contributed by atoms with Gasteiger partial charge in [0.05, 0.1) is 18.2 Å². The second kappa shape index (κ2) is 7.50. The molecule has 3 aromatic heterocycles. The molecule has 0 aliphatic carbocycles. The number of hydrogen-bond acceptors (Lipinski definition) is 6. The highest BCUT2D eigenvalue weighted by molar-refractivity contribution is 7.98. The van der Waals surface area contributed by atoms with Gasteiger partial charge in [0.1, 0.15) is 12.0 Å². The Bertz CT molecular complexity index is 829. The van der Waals surface area contributed by atoms with Crippen LogP contribution in [-0.4, -0.2) is 32.5 Å². The SMILES string of the molecule is CSCCC(NC(=O)c1coc(CN)c1)c1nnc2ccccn12. The van der Waals surface area contributed by atoms with Crippen LogP contribution < -0.4 is 11.1 Å². The Morgan fingerprint density at radius 3 is 3.08 bits per heavy atom. The van der Waals surface area contributed by atoms with Gasteiger partial charge in [-0.3, -0.25) is 9.20 Å². The van der Waals surface area contributed by atoms with E-state index in [2.05, 4.69) is 15.5 Å². The fourth-order valence-corrected chi connectivity index (χ4v) is 2.92. The van der Waals surface area contributed by atoms with Crippen molar-refractivity contribution in [1.29, 1.82) is 0 Å². The zero-order chi connectivity index (χ0) is 16.9. The van der Waals surface area contributed by atoms with Gasteiger partial charge in [-0.15, -0.1) is 10.2 Å². The highest BCUT2D eigenvalue weighted by atomic mass is 32.2. The molecular formula is C16H19N5O2S. The lowest BCUT2D eigenvalue weighted by Gasteiger charge is -2.16. The van der Waals surface area contributed by atoms with Gasteiger partial charge in [-0.25, -0.2) is 0 Å². The van der Waals surface area contributed by atoms with Crippen molar-refractivity contribution in [3.63, 3.8) is 0 Å². The van der Waals surface area contributed by atoms with E-state index in [0.29, 0.717) is 11.3 Å². The Morgan fingerprint density at radius 1 is 1.46 bits per heavy atom. The monoisotopic (exact) mass is 345 g/mol.